The summed E-state index contributed by atoms with van der Waals surface area (Å²) in [6.45, 7) is 6.28. The van der Waals surface area contributed by atoms with Gasteiger partial charge in [-0.2, -0.15) is 5.10 Å². The smallest absolute Gasteiger partial charge is 0.0860 e. The number of morpholine rings is 1. The van der Waals surface area contributed by atoms with Crippen LogP contribution in [-0.2, 0) is 18.3 Å². The average Bonchev–Trinajstić information content (AvgIpc) is 2.57. The van der Waals surface area contributed by atoms with Crippen molar-refractivity contribution < 1.29 is 4.74 Å². The third-order valence-electron chi connectivity index (χ3n) is 3.20. The van der Waals surface area contributed by atoms with E-state index < -0.39 is 0 Å². The van der Waals surface area contributed by atoms with Crippen LogP contribution in [-0.4, -0.2) is 54.1 Å². The summed E-state index contributed by atoms with van der Waals surface area (Å²) in [6.07, 6.45) is 0.261. The maximum Gasteiger partial charge on any atom is 0.0860 e. The first-order valence-electron chi connectivity index (χ1n) is 6.26. The SMILES string of the molecule is Cc1nn(C)c(CN(C)CC2CNCCO2)c1Cl. The summed E-state index contributed by atoms with van der Waals surface area (Å²) in [5, 5.41) is 8.43. The molecule has 0 aromatic carbocycles. The summed E-state index contributed by atoms with van der Waals surface area (Å²) in [4.78, 5) is 2.22. The van der Waals surface area contributed by atoms with Gasteiger partial charge in [0.25, 0.3) is 0 Å². The lowest BCUT2D eigenvalue weighted by atomic mass is 10.2. The predicted octanol–water partition coefficient (Wildman–Crippen LogP) is 0.802. The number of halogens is 1. The molecule has 0 aliphatic carbocycles. The van der Waals surface area contributed by atoms with Gasteiger partial charge in [-0.1, -0.05) is 11.6 Å². The lowest BCUT2D eigenvalue weighted by Crippen LogP contribution is -2.44. The molecular weight excluding hydrogens is 252 g/mol. The zero-order valence-corrected chi connectivity index (χ0v) is 12.0. The first-order valence-corrected chi connectivity index (χ1v) is 6.64. The molecule has 0 radical (unpaired) electrons. The number of aromatic nitrogens is 2. The van der Waals surface area contributed by atoms with Crippen molar-refractivity contribution in [2.75, 3.05) is 33.3 Å². The molecule has 6 heteroatoms. The highest BCUT2D eigenvalue weighted by Gasteiger charge is 2.18. The van der Waals surface area contributed by atoms with Crippen LogP contribution < -0.4 is 5.32 Å². The minimum absolute atomic E-state index is 0.261. The van der Waals surface area contributed by atoms with Crippen molar-refractivity contribution in [1.82, 2.24) is 20.0 Å². The standard InChI is InChI=1S/C12H21ClN4O/c1-9-12(13)11(17(3)15-9)8-16(2)7-10-6-14-4-5-18-10/h10,14H,4-8H2,1-3H3. The van der Waals surface area contributed by atoms with Crippen molar-refractivity contribution >= 4 is 11.6 Å². The van der Waals surface area contributed by atoms with Gasteiger partial charge in [0.05, 0.1) is 29.1 Å². The van der Waals surface area contributed by atoms with Crippen LogP contribution in [0.4, 0.5) is 0 Å². The van der Waals surface area contributed by atoms with Crippen molar-refractivity contribution in [3.05, 3.63) is 16.4 Å². The Morgan fingerprint density at radius 1 is 1.61 bits per heavy atom. The van der Waals surface area contributed by atoms with Gasteiger partial charge in [-0.05, 0) is 14.0 Å². The maximum atomic E-state index is 6.25. The van der Waals surface area contributed by atoms with Gasteiger partial charge >= 0.3 is 0 Å². The predicted molar refractivity (Wildman–Crippen MR) is 71.9 cm³/mol. The Hall–Kier alpha value is -0.620. The fraction of sp³-hybridized carbons (Fsp3) is 0.750. The molecule has 1 aromatic rings. The number of aryl methyl sites for hydroxylation is 2. The molecular formula is C12H21ClN4O. The van der Waals surface area contributed by atoms with Crippen molar-refractivity contribution in [2.24, 2.45) is 7.05 Å². The molecule has 1 aliphatic rings. The van der Waals surface area contributed by atoms with Crippen molar-refractivity contribution in [1.29, 1.82) is 0 Å². The van der Waals surface area contributed by atoms with Gasteiger partial charge < -0.3 is 10.1 Å². The van der Waals surface area contributed by atoms with E-state index in [-0.39, 0.29) is 6.10 Å². The molecule has 1 fully saturated rings. The van der Waals surface area contributed by atoms with Crippen LogP contribution >= 0.6 is 11.6 Å². The zero-order chi connectivity index (χ0) is 13.1. The molecule has 0 spiro atoms. The van der Waals surface area contributed by atoms with E-state index in [1.54, 1.807) is 0 Å². The quantitative estimate of drug-likeness (QED) is 0.881. The number of nitrogens with zero attached hydrogens (tertiary/aromatic N) is 3. The monoisotopic (exact) mass is 272 g/mol. The molecule has 1 aromatic heterocycles. The molecule has 1 N–H and O–H groups in total. The van der Waals surface area contributed by atoms with Crippen LogP contribution in [0.15, 0.2) is 0 Å². The molecule has 1 aliphatic heterocycles. The van der Waals surface area contributed by atoms with Crippen LogP contribution in [0.1, 0.15) is 11.4 Å². The van der Waals surface area contributed by atoms with E-state index in [0.717, 1.165) is 49.2 Å². The highest BCUT2D eigenvalue weighted by molar-refractivity contribution is 6.31. The Bertz CT molecular complexity index is 401. The molecule has 2 rings (SSSR count). The Balaban J connectivity index is 1.91. The molecule has 5 nitrogen and oxygen atoms in total. The van der Waals surface area contributed by atoms with Gasteiger partial charge in [0, 0.05) is 33.2 Å². The number of nitrogens with one attached hydrogen (secondary N) is 1. The topological polar surface area (TPSA) is 42.3 Å². The van der Waals surface area contributed by atoms with E-state index in [9.17, 15) is 0 Å². The molecule has 18 heavy (non-hydrogen) atoms. The van der Waals surface area contributed by atoms with Gasteiger partial charge in [0.15, 0.2) is 0 Å². The highest BCUT2D eigenvalue weighted by Crippen LogP contribution is 2.20. The third kappa shape index (κ3) is 3.23. The van der Waals surface area contributed by atoms with E-state index in [0.29, 0.717) is 0 Å². The maximum absolute atomic E-state index is 6.25. The van der Waals surface area contributed by atoms with Gasteiger partial charge in [-0.25, -0.2) is 0 Å². The van der Waals surface area contributed by atoms with Crippen LogP contribution in [0, 0.1) is 6.92 Å². The molecule has 1 atom stereocenters. The average molecular weight is 273 g/mol. The number of hydrogen-bond acceptors (Lipinski definition) is 4. The van der Waals surface area contributed by atoms with Crippen molar-refractivity contribution in [3.63, 3.8) is 0 Å². The largest absolute Gasteiger partial charge is 0.374 e. The van der Waals surface area contributed by atoms with Gasteiger partial charge in [-0.15, -0.1) is 0 Å². The summed E-state index contributed by atoms with van der Waals surface area (Å²) < 4.78 is 7.55. The first kappa shape index (κ1) is 13.8. The molecule has 102 valence electrons. The second kappa shape index (κ2) is 6.02. The van der Waals surface area contributed by atoms with E-state index >= 15 is 0 Å². The second-order valence-electron chi connectivity index (χ2n) is 4.86. The Morgan fingerprint density at radius 3 is 2.94 bits per heavy atom. The van der Waals surface area contributed by atoms with Gasteiger partial charge in [0.2, 0.25) is 0 Å². The third-order valence-corrected chi connectivity index (χ3v) is 3.69. The Labute approximate surface area is 113 Å². The van der Waals surface area contributed by atoms with Crippen molar-refractivity contribution in [2.45, 2.75) is 19.6 Å². The van der Waals surface area contributed by atoms with E-state index in [4.69, 9.17) is 16.3 Å². The van der Waals surface area contributed by atoms with E-state index in [1.807, 2.05) is 18.7 Å². The summed E-state index contributed by atoms with van der Waals surface area (Å²) >= 11 is 6.25. The minimum atomic E-state index is 0.261. The van der Waals surface area contributed by atoms with E-state index in [2.05, 4.69) is 22.4 Å². The molecule has 0 saturated carbocycles. The minimum Gasteiger partial charge on any atom is -0.374 e. The number of rotatable bonds is 4. The lowest BCUT2D eigenvalue weighted by molar-refractivity contribution is 0.00853. The second-order valence-corrected chi connectivity index (χ2v) is 5.24. The van der Waals surface area contributed by atoms with E-state index in [1.165, 1.54) is 0 Å². The Morgan fingerprint density at radius 2 is 2.39 bits per heavy atom. The molecule has 1 saturated heterocycles. The summed E-state index contributed by atoms with van der Waals surface area (Å²) in [5.41, 5.74) is 1.94. The van der Waals surface area contributed by atoms with Gasteiger partial charge in [-0.3, -0.25) is 9.58 Å². The van der Waals surface area contributed by atoms with Crippen molar-refractivity contribution in [3.8, 4) is 0 Å². The molecule has 1 unspecified atom stereocenters. The lowest BCUT2D eigenvalue weighted by Gasteiger charge is -2.28. The summed E-state index contributed by atoms with van der Waals surface area (Å²) in [6, 6.07) is 0. The van der Waals surface area contributed by atoms with Gasteiger partial charge in [0.1, 0.15) is 0 Å². The van der Waals surface area contributed by atoms with Crippen LogP contribution in [0.3, 0.4) is 0 Å². The zero-order valence-electron chi connectivity index (χ0n) is 11.2. The summed E-state index contributed by atoms with van der Waals surface area (Å²) in [5.74, 6) is 0. The van der Waals surface area contributed by atoms with Crippen LogP contribution in [0.25, 0.3) is 0 Å². The van der Waals surface area contributed by atoms with Crippen LogP contribution in [0.2, 0.25) is 5.02 Å². The summed E-state index contributed by atoms with van der Waals surface area (Å²) in [7, 11) is 4.01. The fourth-order valence-corrected chi connectivity index (χ4v) is 2.48. The Kier molecular flexibility index (Phi) is 4.61. The molecule has 0 bridgehead atoms. The fourth-order valence-electron chi connectivity index (χ4n) is 2.26. The number of hydrogen-bond donors (Lipinski definition) is 1. The molecule has 0 amide bonds. The molecule has 2 heterocycles. The number of ether oxygens (including phenoxy) is 1. The normalized spacial score (nSPS) is 20.6. The highest BCUT2D eigenvalue weighted by atomic mass is 35.5. The first-order chi connectivity index (χ1) is 8.58. The number of likely N-dealkylation sites (N-methyl/N-ethyl adjacent to an activating group) is 1. The van der Waals surface area contributed by atoms with Crippen LogP contribution in [0.5, 0.6) is 0 Å².